The van der Waals surface area contributed by atoms with Crippen LogP contribution in [0.15, 0.2) is 58.2 Å². The first-order valence-electron chi connectivity index (χ1n) is 8.16. The Morgan fingerprint density at radius 2 is 1.84 bits per heavy atom. The number of anilines is 1. The third-order valence-electron chi connectivity index (χ3n) is 3.93. The first-order valence-corrected chi connectivity index (χ1v) is 9.94. The van der Waals surface area contributed by atoms with Gasteiger partial charge in [0.2, 0.25) is 0 Å². The van der Waals surface area contributed by atoms with Gasteiger partial charge >= 0.3 is 0 Å². The second kappa shape index (κ2) is 8.06. The molecule has 0 N–H and O–H groups in total. The summed E-state index contributed by atoms with van der Waals surface area (Å²) in [4.78, 5) is 2.09. The largest absolute Gasteiger partial charge is 0.378 e. The molecule has 0 radical (unpaired) electrons. The topological polar surface area (TPSA) is 34.0 Å². The molecular formula is C19H21BrN4S. The van der Waals surface area contributed by atoms with Crippen LogP contribution in [0.2, 0.25) is 0 Å². The minimum absolute atomic E-state index is 0.846. The van der Waals surface area contributed by atoms with Crippen LogP contribution in [-0.2, 0) is 12.3 Å². The summed E-state index contributed by atoms with van der Waals surface area (Å²) >= 11 is 5.24. The molecule has 1 aromatic heterocycles. The number of aromatic nitrogens is 3. The molecule has 0 spiro atoms. The molecule has 1 heterocycles. The smallest absolute Gasteiger partial charge is 0.191 e. The van der Waals surface area contributed by atoms with Gasteiger partial charge in [0.05, 0.1) is 0 Å². The van der Waals surface area contributed by atoms with Crippen molar-refractivity contribution in [2.24, 2.45) is 0 Å². The number of hydrogen-bond acceptors (Lipinski definition) is 4. The lowest BCUT2D eigenvalue weighted by Crippen LogP contribution is -2.08. The highest BCUT2D eigenvalue weighted by atomic mass is 79.9. The van der Waals surface area contributed by atoms with Gasteiger partial charge in [-0.25, -0.2) is 0 Å². The number of rotatable bonds is 6. The van der Waals surface area contributed by atoms with E-state index in [1.807, 2.05) is 20.2 Å². The minimum atomic E-state index is 0.846. The lowest BCUT2D eigenvalue weighted by Gasteiger charge is -2.13. The van der Waals surface area contributed by atoms with Crippen LogP contribution >= 0.6 is 27.7 Å². The summed E-state index contributed by atoms with van der Waals surface area (Å²) in [5, 5.41) is 9.80. The molecule has 3 aromatic rings. The summed E-state index contributed by atoms with van der Waals surface area (Å²) in [5.41, 5.74) is 3.53. The molecule has 4 nitrogen and oxygen atoms in total. The fourth-order valence-electron chi connectivity index (χ4n) is 2.58. The fraction of sp³-hybridized carbons (Fsp3) is 0.263. The van der Waals surface area contributed by atoms with Crippen LogP contribution in [0.25, 0.3) is 11.4 Å². The summed E-state index contributed by atoms with van der Waals surface area (Å²) in [5.74, 6) is 1.79. The van der Waals surface area contributed by atoms with Crippen LogP contribution in [0.3, 0.4) is 0 Å². The van der Waals surface area contributed by atoms with Crippen molar-refractivity contribution in [1.82, 2.24) is 14.8 Å². The molecule has 0 aliphatic carbocycles. The zero-order valence-corrected chi connectivity index (χ0v) is 17.0. The van der Waals surface area contributed by atoms with Gasteiger partial charge in [0.15, 0.2) is 11.0 Å². The van der Waals surface area contributed by atoms with Crippen LogP contribution < -0.4 is 4.90 Å². The van der Waals surface area contributed by atoms with Crippen molar-refractivity contribution < 1.29 is 0 Å². The monoisotopic (exact) mass is 416 g/mol. The van der Waals surface area contributed by atoms with Crippen molar-refractivity contribution >= 4 is 33.4 Å². The Hall–Kier alpha value is -1.79. The van der Waals surface area contributed by atoms with Crippen LogP contribution in [0.4, 0.5) is 5.69 Å². The van der Waals surface area contributed by atoms with Crippen LogP contribution in [0.1, 0.15) is 12.5 Å². The van der Waals surface area contributed by atoms with E-state index in [0.717, 1.165) is 33.3 Å². The molecule has 2 aromatic carbocycles. The van der Waals surface area contributed by atoms with Crippen molar-refractivity contribution in [2.45, 2.75) is 24.4 Å². The predicted molar refractivity (Wildman–Crippen MR) is 109 cm³/mol. The van der Waals surface area contributed by atoms with Crippen LogP contribution in [0, 0.1) is 0 Å². The van der Waals surface area contributed by atoms with E-state index in [2.05, 4.69) is 85.0 Å². The molecule has 0 saturated carbocycles. The van der Waals surface area contributed by atoms with E-state index in [4.69, 9.17) is 0 Å². The molecule has 0 saturated heterocycles. The van der Waals surface area contributed by atoms with Gasteiger partial charge in [-0.1, -0.05) is 39.8 Å². The van der Waals surface area contributed by atoms with Gasteiger partial charge in [0, 0.05) is 42.1 Å². The van der Waals surface area contributed by atoms with Gasteiger partial charge in [0.1, 0.15) is 0 Å². The molecule has 6 heteroatoms. The molecular weight excluding hydrogens is 396 g/mol. The molecule has 0 unspecified atom stereocenters. The molecule has 25 heavy (non-hydrogen) atoms. The lowest BCUT2D eigenvalue weighted by atomic mass is 10.2. The highest BCUT2D eigenvalue weighted by Crippen LogP contribution is 2.28. The third-order valence-corrected chi connectivity index (χ3v) is 5.46. The summed E-state index contributed by atoms with van der Waals surface area (Å²) in [6.07, 6.45) is 0. The second-order valence-electron chi connectivity index (χ2n) is 5.91. The Balaban J connectivity index is 1.81. The third kappa shape index (κ3) is 4.25. The van der Waals surface area contributed by atoms with E-state index in [1.54, 1.807) is 11.8 Å². The van der Waals surface area contributed by atoms with E-state index < -0.39 is 0 Å². The van der Waals surface area contributed by atoms with Crippen molar-refractivity contribution in [1.29, 1.82) is 0 Å². The van der Waals surface area contributed by atoms with Crippen LogP contribution in [0.5, 0.6) is 0 Å². The Morgan fingerprint density at radius 3 is 2.48 bits per heavy atom. The van der Waals surface area contributed by atoms with Gasteiger partial charge in [-0.2, -0.15) is 0 Å². The van der Waals surface area contributed by atoms with E-state index in [1.165, 1.54) is 11.3 Å². The van der Waals surface area contributed by atoms with Gasteiger partial charge in [-0.3, -0.25) is 0 Å². The number of nitrogens with zero attached hydrogens (tertiary/aromatic N) is 4. The first-order chi connectivity index (χ1) is 12.1. The maximum atomic E-state index is 4.43. The molecule has 0 aliphatic heterocycles. The predicted octanol–water partition coefficient (Wildman–Crippen LogP) is 5.09. The Morgan fingerprint density at radius 1 is 1.08 bits per heavy atom. The molecule has 0 bridgehead atoms. The number of thioether (sulfide) groups is 1. The first kappa shape index (κ1) is 18.0. The van der Waals surface area contributed by atoms with Gasteiger partial charge < -0.3 is 9.47 Å². The van der Waals surface area contributed by atoms with Crippen molar-refractivity contribution in [2.75, 3.05) is 19.0 Å². The summed E-state index contributed by atoms with van der Waals surface area (Å²) in [7, 11) is 4.08. The van der Waals surface area contributed by atoms with E-state index in [-0.39, 0.29) is 0 Å². The Labute approximate surface area is 161 Å². The zero-order chi connectivity index (χ0) is 17.8. The van der Waals surface area contributed by atoms with Crippen molar-refractivity contribution in [3.63, 3.8) is 0 Å². The van der Waals surface area contributed by atoms with Crippen molar-refractivity contribution in [3.05, 3.63) is 58.6 Å². The standard InChI is InChI=1S/C19H21BrN4S/c1-4-24-18(15-8-10-17(11-9-15)23(2)3)21-22-19(24)25-13-14-6-5-7-16(20)12-14/h5-12H,4,13H2,1-3H3. The number of benzene rings is 2. The highest BCUT2D eigenvalue weighted by molar-refractivity contribution is 9.10. The highest BCUT2D eigenvalue weighted by Gasteiger charge is 2.13. The van der Waals surface area contributed by atoms with E-state index in [0.29, 0.717) is 0 Å². The SMILES string of the molecule is CCn1c(SCc2cccc(Br)c2)nnc1-c1ccc(N(C)C)cc1. The lowest BCUT2D eigenvalue weighted by molar-refractivity contribution is 0.687. The van der Waals surface area contributed by atoms with E-state index in [9.17, 15) is 0 Å². The van der Waals surface area contributed by atoms with Crippen molar-refractivity contribution in [3.8, 4) is 11.4 Å². The number of hydrogen-bond donors (Lipinski definition) is 0. The second-order valence-corrected chi connectivity index (χ2v) is 7.77. The Bertz CT molecular complexity index is 843. The molecule has 0 fully saturated rings. The molecule has 0 amide bonds. The van der Waals surface area contributed by atoms with E-state index >= 15 is 0 Å². The van der Waals surface area contributed by atoms with Gasteiger partial charge in [-0.05, 0) is 48.9 Å². The minimum Gasteiger partial charge on any atom is -0.378 e. The molecule has 130 valence electrons. The molecule has 3 rings (SSSR count). The summed E-state index contributed by atoms with van der Waals surface area (Å²) in [6, 6.07) is 16.8. The molecule has 0 aliphatic rings. The van der Waals surface area contributed by atoms with Gasteiger partial charge in [-0.15, -0.1) is 10.2 Å². The average molecular weight is 417 g/mol. The average Bonchev–Trinajstić information content (AvgIpc) is 3.03. The van der Waals surface area contributed by atoms with Crippen LogP contribution in [-0.4, -0.2) is 28.9 Å². The van der Waals surface area contributed by atoms with Gasteiger partial charge in [0.25, 0.3) is 0 Å². The maximum Gasteiger partial charge on any atom is 0.191 e. The zero-order valence-electron chi connectivity index (χ0n) is 14.6. The fourth-order valence-corrected chi connectivity index (χ4v) is 3.97. The molecule has 0 atom stereocenters. The summed E-state index contributed by atoms with van der Waals surface area (Å²) in [6.45, 7) is 2.97. The summed E-state index contributed by atoms with van der Waals surface area (Å²) < 4.78 is 3.28. The quantitative estimate of drug-likeness (QED) is 0.524. The Kier molecular flexibility index (Phi) is 5.81. The maximum absolute atomic E-state index is 4.43. The normalized spacial score (nSPS) is 10.9. The number of halogens is 1.